The predicted octanol–water partition coefficient (Wildman–Crippen LogP) is 3.91. The van der Waals surface area contributed by atoms with Crippen LogP contribution in [0.5, 0.6) is 0 Å². The molecule has 0 N–H and O–H groups in total. The Kier molecular flexibility index (Phi) is 3.20. The van der Waals surface area contributed by atoms with Gasteiger partial charge in [-0.25, -0.2) is 4.98 Å². The van der Waals surface area contributed by atoms with Crippen LogP contribution in [0, 0.1) is 6.92 Å². The van der Waals surface area contributed by atoms with Gasteiger partial charge < -0.3 is 0 Å². The minimum atomic E-state index is -4.39. The molecule has 108 valence electrons. The first-order chi connectivity index (χ1) is 9.86. The van der Waals surface area contributed by atoms with Gasteiger partial charge in [-0.2, -0.15) is 18.3 Å². The molecule has 3 rings (SSSR count). The van der Waals surface area contributed by atoms with Crippen molar-refractivity contribution in [2.75, 3.05) is 0 Å². The molecule has 0 aliphatic rings. The second-order valence-electron chi connectivity index (χ2n) is 4.45. The summed E-state index contributed by atoms with van der Waals surface area (Å²) in [6.07, 6.45) is -4.39. The molecule has 1 aromatic carbocycles. The van der Waals surface area contributed by atoms with Crippen LogP contribution < -0.4 is 0 Å². The van der Waals surface area contributed by atoms with E-state index in [1.54, 1.807) is 23.6 Å². The first-order valence-electron chi connectivity index (χ1n) is 5.92. The highest BCUT2D eigenvalue weighted by molar-refractivity contribution is 9.10. The first-order valence-corrected chi connectivity index (χ1v) is 6.71. The summed E-state index contributed by atoms with van der Waals surface area (Å²) in [6.45, 7) is 1.80. The van der Waals surface area contributed by atoms with E-state index in [0.717, 1.165) is 17.8 Å². The molecule has 0 amide bonds. The second kappa shape index (κ2) is 4.80. The van der Waals surface area contributed by atoms with Gasteiger partial charge in [-0.05, 0) is 53.2 Å². The fourth-order valence-corrected chi connectivity index (χ4v) is 2.52. The summed E-state index contributed by atoms with van der Waals surface area (Å²) in [7, 11) is 0. The Balaban J connectivity index is 2.20. The lowest BCUT2D eigenvalue weighted by Crippen LogP contribution is -2.04. The highest BCUT2D eigenvalue weighted by atomic mass is 79.9. The molecule has 4 nitrogen and oxygen atoms in total. The molecule has 2 heterocycles. The third kappa shape index (κ3) is 2.51. The van der Waals surface area contributed by atoms with Crippen LogP contribution in [0.2, 0.25) is 0 Å². The smallest absolute Gasteiger partial charge is 0.269 e. The number of fused-ring (bicyclic) bond motifs is 1. The van der Waals surface area contributed by atoms with Gasteiger partial charge in [0.05, 0.1) is 22.3 Å². The van der Waals surface area contributed by atoms with Crippen LogP contribution in [0.3, 0.4) is 0 Å². The zero-order valence-electron chi connectivity index (χ0n) is 10.7. The zero-order valence-corrected chi connectivity index (χ0v) is 12.3. The lowest BCUT2D eigenvalue weighted by Gasteiger charge is -2.07. The largest absolute Gasteiger partial charge is 0.416 e. The summed E-state index contributed by atoms with van der Waals surface area (Å²) < 4.78 is 40.1. The van der Waals surface area contributed by atoms with E-state index < -0.39 is 11.7 Å². The fourth-order valence-electron chi connectivity index (χ4n) is 1.96. The molecule has 0 unspecified atom stereocenters. The number of alkyl halides is 3. The molecule has 0 saturated heterocycles. The molecule has 0 saturated carbocycles. The molecule has 0 fully saturated rings. The number of halogens is 4. The molecule has 2 aromatic heterocycles. The van der Waals surface area contributed by atoms with Gasteiger partial charge in [0.15, 0.2) is 10.6 Å². The van der Waals surface area contributed by atoms with Crippen LogP contribution in [0.4, 0.5) is 13.2 Å². The number of benzene rings is 1. The van der Waals surface area contributed by atoms with Crippen LogP contribution in [0.1, 0.15) is 11.3 Å². The van der Waals surface area contributed by atoms with E-state index in [-0.39, 0.29) is 5.52 Å². The fraction of sp³-hybridized carbons (Fsp3) is 0.154. The Hall–Kier alpha value is -1.96. The Morgan fingerprint density at radius 3 is 2.48 bits per heavy atom. The second-order valence-corrected chi connectivity index (χ2v) is 5.16. The van der Waals surface area contributed by atoms with Gasteiger partial charge >= 0.3 is 6.18 Å². The monoisotopic (exact) mass is 356 g/mol. The lowest BCUT2D eigenvalue weighted by molar-refractivity contribution is -0.137. The van der Waals surface area contributed by atoms with Gasteiger partial charge in [0.25, 0.3) is 0 Å². The normalized spacial score (nSPS) is 12.0. The van der Waals surface area contributed by atoms with Gasteiger partial charge in [0, 0.05) is 0 Å². The van der Waals surface area contributed by atoms with Crippen LogP contribution >= 0.6 is 15.9 Å². The van der Waals surface area contributed by atoms with E-state index in [1.807, 2.05) is 0 Å². The molecular weight excluding hydrogens is 349 g/mol. The predicted molar refractivity (Wildman–Crippen MR) is 74.1 cm³/mol. The van der Waals surface area contributed by atoms with Gasteiger partial charge in [0.1, 0.15) is 0 Å². The Labute approximate surface area is 125 Å². The molecule has 0 spiro atoms. The molecule has 0 aliphatic heterocycles. The summed E-state index contributed by atoms with van der Waals surface area (Å²) in [6, 6.07) is 6.90. The Bertz CT molecular complexity index is 809. The SMILES string of the molecule is Cc1ccc(-n2c(Br)nc3cc(C(F)(F)F)ccc32)nn1. The van der Waals surface area contributed by atoms with Crippen LogP contribution in [0.25, 0.3) is 16.9 Å². The van der Waals surface area contributed by atoms with Crippen molar-refractivity contribution in [3.8, 4) is 5.82 Å². The van der Waals surface area contributed by atoms with Crippen molar-refractivity contribution in [3.05, 3.63) is 46.3 Å². The van der Waals surface area contributed by atoms with E-state index in [2.05, 4.69) is 31.1 Å². The van der Waals surface area contributed by atoms with E-state index in [9.17, 15) is 13.2 Å². The van der Waals surface area contributed by atoms with Gasteiger partial charge in [0.2, 0.25) is 0 Å². The molecule has 0 aliphatic carbocycles. The topological polar surface area (TPSA) is 43.6 Å². The van der Waals surface area contributed by atoms with Crippen molar-refractivity contribution in [2.24, 2.45) is 0 Å². The van der Waals surface area contributed by atoms with E-state index in [1.165, 1.54) is 6.07 Å². The maximum atomic E-state index is 12.7. The van der Waals surface area contributed by atoms with Crippen molar-refractivity contribution < 1.29 is 13.2 Å². The number of rotatable bonds is 1. The first kappa shape index (κ1) is 14.0. The van der Waals surface area contributed by atoms with Gasteiger partial charge in [-0.1, -0.05) is 0 Å². The average molecular weight is 357 g/mol. The quantitative estimate of drug-likeness (QED) is 0.663. The van der Waals surface area contributed by atoms with Crippen molar-refractivity contribution in [1.29, 1.82) is 0 Å². The summed E-state index contributed by atoms with van der Waals surface area (Å²) >= 11 is 3.24. The molecule has 0 bridgehead atoms. The summed E-state index contributed by atoms with van der Waals surface area (Å²) in [5.41, 5.74) is 0.771. The third-order valence-corrected chi connectivity index (χ3v) is 3.49. The Morgan fingerprint density at radius 1 is 1.10 bits per heavy atom. The minimum Gasteiger partial charge on any atom is -0.269 e. The molecule has 0 radical (unpaired) electrons. The Morgan fingerprint density at radius 2 is 1.86 bits per heavy atom. The number of aryl methyl sites for hydroxylation is 1. The zero-order chi connectivity index (χ0) is 15.2. The summed E-state index contributed by atoms with van der Waals surface area (Å²) in [5.74, 6) is 0.481. The molecule has 8 heteroatoms. The summed E-state index contributed by atoms with van der Waals surface area (Å²) in [4.78, 5) is 4.10. The summed E-state index contributed by atoms with van der Waals surface area (Å²) in [5, 5.41) is 7.96. The number of hydrogen-bond acceptors (Lipinski definition) is 3. The van der Waals surface area contributed by atoms with Crippen molar-refractivity contribution in [1.82, 2.24) is 19.7 Å². The van der Waals surface area contributed by atoms with E-state index in [0.29, 0.717) is 16.1 Å². The molecular formula is C13H8BrF3N4. The maximum Gasteiger partial charge on any atom is 0.416 e. The average Bonchev–Trinajstić information content (AvgIpc) is 2.74. The van der Waals surface area contributed by atoms with Crippen LogP contribution in [-0.2, 0) is 6.18 Å². The minimum absolute atomic E-state index is 0.235. The number of imidazole rings is 1. The van der Waals surface area contributed by atoms with Crippen molar-refractivity contribution in [2.45, 2.75) is 13.1 Å². The third-order valence-electron chi connectivity index (χ3n) is 2.95. The number of aromatic nitrogens is 4. The number of hydrogen-bond donors (Lipinski definition) is 0. The molecule has 21 heavy (non-hydrogen) atoms. The highest BCUT2D eigenvalue weighted by Gasteiger charge is 2.31. The van der Waals surface area contributed by atoms with Crippen LogP contribution in [-0.4, -0.2) is 19.7 Å². The van der Waals surface area contributed by atoms with Crippen molar-refractivity contribution >= 4 is 27.0 Å². The molecule has 0 atom stereocenters. The van der Waals surface area contributed by atoms with Crippen molar-refractivity contribution in [3.63, 3.8) is 0 Å². The number of nitrogens with zero attached hydrogens (tertiary/aromatic N) is 4. The lowest BCUT2D eigenvalue weighted by atomic mass is 10.2. The van der Waals surface area contributed by atoms with Gasteiger partial charge in [-0.3, -0.25) is 4.57 Å². The van der Waals surface area contributed by atoms with E-state index in [4.69, 9.17) is 0 Å². The van der Waals surface area contributed by atoms with Gasteiger partial charge in [-0.15, -0.1) is 5.10 Å². The van der Waals surface area contributed by atoms with E-state index >= 15 is 0 Å². The standard InChI is InChI=1S/C13H8BrF3N4/c1-7-2-5-11(20-19-7)21-10-4-3-8(13(15,16)17)6-9(10)18-12(21)14/h2-6H,1H3. The highest BCUT2D eigenvalue weighted by Crippen LogP contribution is 2.32. The van der Waals surface area contributed by atoms with Crippen LogP contribution in [0.15, 0.2) is 35.1 Å². The molecule has 3 aromatic rings. The maximum absolute atomic E-state index is 12.7.